The number of piperidine rings is 1. The summed E-state index contributed by atoms with van der Waals surface area (Å²) in [6.45, 7) is 14.9. The van der Waals surface area contributed by atoms with Crippen LogP contribution in [-0.2, 0) is 70.4 Å². The van der Waals surface area contributed by atoms with E-state index in [-0.39, 0.29) is 43.9 Å². The van der Waals surface area contributed by atoms with Gasteiger partial charge in [0.1, 0.15) is 47.8 Å². The first-order valence-electron chi connectivity index (χ1n) is 33.2. The van der Waals surface area contributed by atoms with Crippen LogP contribution >= 0.6 is 11.6 Å². The number of hydrogen-bond acceptors (Lipinski definition) is 12. The summed E-state index contributed by atoms with van der Waals surface area (Å²) < 4.78 is 0. The van der Waals surface area contributed by atoms with Crippen LogP contribution in [0, 0.1) is 30.1 Å². The van der Waals surface area contributed by atoms with Crippen LogP contribution in [0.25, 0.3) is 0 Å². The average Bonchev–Trinajstić information content (AvgIpc) is 0.820. The Morgan fingerprint density at radius 2 is 1.21 bits per heavy atom. The first kappa shape index (κ1) is 79.4. The number of amides is 12. The van der Waals surface area contributed by atoms with Crippen molar-refractivity contribution in [1.29, 1.82) is 0 Å². The van der Waals surface area contributed by atoms with E-state index in [4.69, 9.17) is 18.0 Å². The van der Waals surface area contributed by atoms with Crippen LogP contribution in [0.1, 0.15) is 143 Å². The number of likely N-dealkylation sites (tertiary alicyclic amines) is 1. The molecule has 0 saturated carbocycles. The molecule has 0 aromatic heterocycles. The summed E-state index contributed by atoms with van der Waals surface area (Å²) in [5, 5.41) is 11.8. The zero-order valence-electron chi connectivity index (χ0n) is 58.8. The van der Waals surface area contributed by atoms with E-state index in [1.807, 2.05) is 41.5 Å². The molecule has 0 radical (unpaired) electrons. The van der Waals surface area contributed by atoms with Gasteiger partial charge in [-0.3, -0.25) is 57.5 Å². The fourth-order valence-corrected chi connectivity index (χ4v) is 11.6. The van der Waals surface area contributed by atoms with E-state index in [9.17, 15) is 52.7 Å². The summed E-state index contributed by atoms with van der Waals surface area (Å²) in [4.78, 5) is 186. The maximum Gasteiger partial charge on any atom is 0.246 e. The highest BCUT2D eigenvalue weighted by Crippen LogP contribution is 2.24. The highest BCUT2D eigenvalue weighted by molar-refractivity contribution is 6.30. The molecule has 0 spiro atoms. The molecule has 2 saturated heterocycles. The summed E-state index contributed by atoms with van der Waals surface area (Å²) in [5.41, 5.74) is -0.0752. The molecule has 8 atom stereocenters. The van der Waals surface area contributed by atoms with Crippen molar-refractivity contribution >= 4 is 82.5 Å². The SMILES string of the molecule is C#Cc1cccc(C[C@@H]2NC(=O)CN(C)C(=O)[C@H](Cc3ccc(Cl)cc3)N(C)C(=O)CN(C)C(=O)CN(C)C(=O)[C@H]([C@@H](C)CC)NC(=O)[C@H](CC(C)C)N(C)C(=O)C[C@@H](C(=O)N3CCCCC3)N(C)C(=O)[C@H](CC(C)C)NC(=O)C(C)(C)N(C)C(=O)[C@H](CCCC)NC2=O)c1. The molecule has 2 aromatic carbocycles. The van der Waals surface area contributed by atoms with Crippen LogP contribution in [0.3, 0.4) is 0 Å². The third kappa shape index (κ3) is 22.5. The van der Waals surface area contributed by atoms with Crippen LogP contribution in [0.5, 0.6) is 0 Å². The van der Waals surface area contributed by atoms with Crippen molar-refractivity contribution in [2.45, 2.75) is 187 Å². The number of carbonyl (C=O) groups excluding carboxylic acids is 12. The fourth-order valence-electron chi connectivity index (χ4n) is 11.5. The minimum absolute atomic E-state index is 0.0621. The third-order valence-electron chi connectivity index (χ3n) is 18.2. The summed E-state index contributed by atoms with van der Waals surface area (Å²) in [6, 6.07) is 4.37. The molecule has 12 amide bonds. The Balaban J connectivity index is 1.89. The van der Waals surface area contributed by atoms with Gasteiger partial charge < -0.3 is 60.5 Å². The molecule has 2 heterocycles. The average molecular weight is 1340 g/mol. The minimum atomic E-state index is -1.71. The lowest BCUT2D eigenvalue weighted by Crippen LogP contribution is -2.63. The molecule has 24 nitrogen and oxygen atoms in total. The lowest BCUT2D eigenvalue weighted by atomic mass is 9.95. The number of nitrogens with one attached hydrogen (secondary N) is 4. The number of carbonyl (C=O) groups is 12. The monoisotopic (exact) mass is 1340 g/mol. The van der Waals surface area contributed by atoms with Crippen LogP contribution < -0.4 is 21.3 Å². The molecule has 4 N–H and O–H groups in total. The van der Waals surface area contributed by atoms with Gasteiger partial charge in [-0.2, -0.15) is 0 Å². The second-order valence-electron chi connectivity index (χ2n) is 27.1. The molecule has 0 unspecified atom stereocenters. The van der Waals surface area contributed by atoms with Gasteiger partial charge in [0.15, 0.2) is 0 Å². The molecule has 2 aliphatic heterocycles. The van der Waals surface area contributed by atoms with Gasteiger partial charge in [0, 0.05) is 85.9 Å². The topological polar surface area (TPSA) is 279 Å². The number of likely N-dealkylation sites (N-methyl/N-ethyl adjacent to an activating group) is 7. The van der Waals surface area contributed by atoms with Gasteiger partial charge in [-0.25, -0.2) is 0 Å². The zero-order valence-corrected chi connectivity index (χ0v) is 59.6. The molecule has 4 rings (SSSR count). The Bertz CT molecular complexity index is 3090. The van der Waals surface area contributed by atoms with Crippen molar-refractivity contribution < 1.29 is 57.5 Å². The molecule has 2 aliphatic rings. The molecule has 524 valence electrons. The third-order valence-corrected chi connectivity index (χ3v) is 18.5. The number of rotatable bonds is 14. The minimum Gasteiger partial charge on any atom is -0.343 e. The summed E-state index contributed by atoms with van der Waals surface area (Å²) in [7, 11) is 9.72. The van der Waals surface area contributed by atoms with Gasteiger partial charge in [-0.1, -0.05) is 110 Å². The molecular weight excluding hydrogens is 1240 g/mol. The molecular formula is C70H105ClN12O12. The molecule has 25 heteroatoms. The Kier molecular flexibility index (Phi) is 30.7. The number of nitrogens with zero attached hydrogens (tertiary/aromatic N) is 8. The Morgan fingerprint density at radius 1 is 0.611 bits per heavy atom. The van der Waals surface area contributed by atoms with Gasteiger partial charge in [-0.05, 0) is 106 Å². The standard InChI is InChI=1S/C70H105ClN12O12/c1-18-21-28-51-65(91)82(17)70(9,10)69(95)74-53(35-44(4)5)64(90)81(16)56(67(93)83-33-23-22-24-34-83)40-58(85)79(14)54(36-45(6)7)63(89)75-61(46(8)19-2)68(94)78(13)42-59(86)76(11)43-60(87)80(15)55(39-48-29-31-50(71)32-30-48)66(92)77(12)41-57(84)72-52(62(88)73-51)38-49-27-25-26-47(20-3)37-49/h3,25-27,29-32,37,44-46,51-56,61H,18-19,21-24,28,33-36,38-43H2,1-2,4-17H3,(H,72,84)(H,73,88)(H,74,95)(H,75,89)/t46-,51-,52-,53-,54-,55-,56-,61-/m0/s1. The first-order chi connectivity index (χ1) is 44.6. The summed E-state index contributed by atoms with van der Waals surface area (Å²) >= 11 is 6.23. The van der Waals surface area contributed by atoms with E-state index < -0.39 is 151 Å². The number of terminal acetylenes is 1. The van der Waals surface area contributed by atoms with Gasteiger partial charge in [0.05, 0.1) is 26.1 Å². The van der Waals surface area contributed by atoms with Gasteiger partial charge in [-0.15, -0.1) is 6.42 Å². The second kappa shape index (κ2) is 36.7. The highest BCUT2D eigenvalue weighted by Gasteiger charge is 2.44. The van der Waals surface area contributed by atoms with Crippen molar-refractivity contribution in [1.82, 2.24) is 60.5 Å². The summed E-state index contributed by atoms with van der Waals surface area (Å²) in [5.74, 6) is -6.49. The number of benzene rings is 2. The number of halogens is 1. The molecule has 0 bridgehead atoms. The van der Waals surface area contributed by atoms with E-state index in [0.717, 1.165) is 21.1 Å². The summed E-state index contributed by atoms with van der Waals surface area (Å²) in [6.07, 6.45) is 9.02. The first-order valence-corrected chi connectivity index (χ1v) is 33.6. The maximum absolute atomic E-state index is 15.1. The van der Waals surface area contributed by atoms with E-state index in [0.29, 0.717) is 66.9 Å². The molecule has 95 heavy (non-hydrogen) atoms. The normalized spacial score (nSPS) is 23.7. The van der Waals surface area contributed by atoms with Crippen LogP contribution in [0.2, 0.25) is 5.02 Å². The maximum atomic E-state index is 15.1. The lowest BCUT2D eigenvalue weighted by molar-refractivity contribution is -0.152. The lowest BCUT2D eigenvalue weighted by Gasteiger charge is -2.39. The van der Waals surface area contributed by atoms with E-state index in [1.165, 1.54) is 82.8 Å². The number of unbranched alkanes of at least 4 members (excludes halogenated alkanes) is 1. The van der Waals surface area contributed by atoms with Crippen LogP contribution in [0.15, 0.2) is 48.5 Å². The second-order valence-corrected chi connectivity index (χ2v) is 27.5. The zero-order chi connectivity index (χ0) is 71.3. The smallest absolute Gasteiger partial charge is 0.246 e. The van der Waals surface area contributed by atoms with Crippen molar-refractivity contribution in [3.8, 4) is 12.3 Å². The van der Waals surface area contributed by atoms with Crippen molar-refractivity contribution in [3.05, 3.63) is 70.2 Å². The predicted molar refractivity (Wildman–Crippen MR) is 363 cm³/mol. The Morgan fingerprint density at radius 3 is 1.80 bits per heavy atom. The quantitative estimate of drug-likeness (QED) is 0.196. The molecule has 2 fully saturated rings. The molecule has 2 aromatic rings. The van der Waals surface area contributed by atoms with Gasteiger partial charge in [0.25, 0.3) is 0 Å². The van der Waals surface area contributed by atoms with Crippen LogP contribution in [0.4, 0.5) is 0 Å². The Hall–Kier alpha value is -8.07. The highest BCUT2D eigenvalue weighted by atomic mass is 35.5. The van der Waals surface area contributed by atoms with E-state index in [2.05, 4.69) is 27.2 Å². The number of hydrogen-bond donors (Lipinski definition) is 4. The van der Waals surface area contributed by atoms with Crippen molar-refractivity contribution in [3.63, 3.8) is 0 Å². The van der Waals surface area contributed by atoms with Crippen molar-refractivity contribution in [2.75, 3.05) is 82.1 Å². The van der Waals surface area contributed by atoms with E-state index in [1.54, 1.807) is 60.4 Å². The largest absolute Gasteiger partial charge is 0.343 e. The van der Waals surface area contributed by atoms with E-state index >= 15 is 4.79 Å². The van der Waals surface area contributed by atoms with Crippen LogP contribution in [-0.4, -0.2) is 240 Å². The molecule has 0 aliphatic carbocycles. The van der Waals surface area contributed by atoms with Gasteiger partial charge in [0.2, 0.25) is 70.9 Å². The predicted octanol–water partition coefficient (Wildman–Crippen LogP) is 3.88. The van der Waals surface area contributed by atoms with Gasteiger partial charge >= 0.3 is 0 Å². The van der Waals surface area contributed by atoms with Crippen molar-refractivity contribution in [2.24, 2.45) is 17.8 Å². The fraction of sp³-hybridized carbons (Fsp3) is 0.629. The Labute approximate surface area is 567 Å².